The summed E-state index contributed by atoms with van der Waals surface area (Å²) in [6.07, 6.45) is 4.47. The Balaban J connectivity index is 3.19. The van der Waals surface area contributed by atoms with Gasteiger partial charge in [-0.1, -0.05) is 40.5 Å². The van der Waals surface area contributed by atoms with E-state index < -0.39 is 12.0 Å². The van der Waals surface area contributed by atoms with Crippen LogP contribution in [0.15, 0.2) is 0 Å². The number of hydrogen-bond donors (Lipinski definition) is 2. The molecule has 0 spiro atoms. The van der Waals surface area contributed by atoms with Crippen molar-refractivity contribution < 1.29 is 14.7 Å². The molecule has 0 aromatic rings. The van der Waals surface area contributed by atoms with Crippen LogP contribution in [0, 0.1) is 23.2 Å². The summed E-state index contributed by atoms with van der Waals surface area (Å²) in [7, 11) is 0. The molecule has 0 aromatic carbocycles. The average molecular weight is 269 g/mol. The van der Waals surface area contributed by atoms with Gasteiger partial charge in [0.15, 0.2) is 0 Å². The molecule has 1 rings (SSSR count). The van der Waals surface area contributed by atoms with Crippen LogP contribution in [0.5, 0.6) is 0 Å². The zero-order valence-electron chi connectivity index (χ0n) is 12.5. The fourth-order valence-corrected chi connectivity index (χ4v) is 4.07. The van der Waals surface area contributed by atoms with Gasteiger partial charge in [0.05, 0.1) is 0 Å². The first-order valence-corrected chi connectivity index (χ1v) is 7.32. The van der Waals surface area contributed by atoms with Crippen LogP contribution in [-0.4, -0.2) is 23.5 Å². The Kier molecular flexibility index (Phi) is 5.39. The summed E-state index contributed by atoms with van der Waals surface area (Å²) in [6.45, 7) is 8.53. The van der Waals surface area contributed by atoms with Gasteiger partial charge in [-0.3, -0.25) is 4.79 Å². The molecule has 4 unspecified atom stereocenters. The zero-order chi connectivity index (χ0) is 14.6. The number of aliphatic carboxylic acids is 1. The van der Waals surface area contributed by atoms with Crippen LogP contribution in [0.4, 0.5) is 0 Å². The van der Waals surface area contributed by atoms with Gasteiger partial charge >= 0.3 is 5.97 Å². The summed E-state index contributed by atoms with van der Waals surface area (Å²) in [5.41, 5.74) is -0.325. The van der Waals surface area contributed by atoms with Crippen LogP contribution in [0.1, 0.15) is 53.4 Å². The van der Waals surface area contributed by atoms with E-state index >= 15 is 0 Å². The van der Waals surface area contributed by atoms with Crippen molar-refractivity contribution >= 4 is 12.4 Å². The lowest BCUT2D eigenvalue weighted by Gasteiger charge is -2.51. The molecule has 0 aliphatic heterocycles. The van der Waals surface area contributed by atoms with Crippen molar-refractivity contribution in [3.8, 4) is 0 Å². The van der Waals surface area contributed by atoms with Crippen LogP contribution >= 0.6 is 0 Å². The first kappa shape index (κ1) is 16.0. The summed E-state index contributed by atoms with van der Waals surface area (Å²) >= 11 is 0. The Hall–Kier alpha value is -1.06. The van der Waals surface area contributed by atoms with Gasteiger partial charge in [0.1, 0.15) is 6.04 Å². The summed E-state index contributed by atoms with van der Waals surface area (Å²) in [6, 6.07) is -0.776. The lowest BCUT2D eigenvalue weighted by molar-refractivity contribution is -0.150. The smallest absolute Gasteiger partial charge is 0.326 e. The Bertz CT molecular complexity index is 329. The SMILES string of the molecule is CCC1CC(C)CCC1(C(C)C)C(NC=O)C(=O)O. The van der Waals surface area contributed by atoms with Gasteiger partial charge in [0, 0.05) is 5.41 Å². The molecule has 0 radical (unpaired) electrons. The first-order valence-electron chi connectivity index (χ1n) is 7.32. The average Bonchev–Trinajstić information content (AvgIpc) is 2.35. The van der Waals surface area contributed by atoms with E-state index in [0.717, 1.165) is 25.7 Å². The Morgan fingerprint density at radius 2 is 2.16 bits per heavy atom. The quantitative estimate of drug-likeness (QED) is 0.728. The van der Waals surface area contributed by atoms with Crippen molar-refractivity contribution in [2.75, 3.05) is 0 Å². The number of hydrogen-bond acceptors (Lipinski definition) is 2. The van der Waals surface area contributed by atoms with Crippen molar-refractivity contribution in [1.29, 1.82) is 0 Å². The van der Waals surface area contributed by atoms with Crippen molar-refractivity contribution in [3.63, 3.8) is 0 Å². The number of rotatable bonds is 6. The highest BCUT2D eigenvalue weighted by atomic mass is 16.4. The molecule has 4 nitrogen and oxygen atoms in total. The lowest BCUT2D eigenvalue weighted by atomic mass is 9.54. The minimum Gasteiger partial charge on any atom is -0.480 e. The lowest BCUT2D eigenvalue weighted by Crippen LogP contribution is -2.58. The van der Waals surface area contributed by atoms with Gasteiger partial charge in [0.25, 0.3) is 0 Å². The highest BCUT2D eigenvalue weighted by Gasteiger charge is 2.52. The second-order valence-corrected chi connectivity index (χ2v) is 6.31. The maximum Gasteiger partial charge on any atom is 0.326 e. The van der Waals surface area contributed by atoms with E-state index in [-0.39, 0.29) is 11.3 Å². The van der Waals surface area contributed by atoms with Crippen molar-refractivity contribution in [2.24, 2.45) is 23.2 Å². The van der Waals surface area contributed by atoms with Crippen molar-refractivity contribution in [2.45, 2.75) is 59.4 Å². The van der Waals surface area contributed by atoms with Crippen LogP contribution in [0.25, 0.3) is 0 Å². The molecule has 0 saturated heterocycles. The molecule has 1 saturated carbocycles. The molecule has 110 valence electrons. The molecule has 4 heteroatoms. The molecule has 0 bridgehead atoms. The summed E-state index contributed by atoms with van der Waals surface area (Å²) in [5, 5.41) is 12.1. The summed E-state index contributed by atoms with van der Waals surface area (Å²) in [4.78, 5) is 22.4. The number of nitrogens with one attached hydrogen (secondary N) is 1. The Morgan fingerprint density at radius 3 is 2.58 bits per heavy atom. The standard InChI is InChI=1S/C15H27NO3/c1-5-12-8-11(4)6-7-15(12,10(2)3)13(14(18)19)16-9-17/h9-13H,5-8H2,1-4H3,(H,16,17)(H,18,19). The van der Waals surface area contributed by atoms with Gasteiger partial charge in [-0.15, -0.1) is 0 Å². The second kappa shape index (κ2) is 6.40. The van der Waals surface area contributed by atoms with E-state index in [9.17, 15) is 14.7 Å². The molecule has 2 N–H and O–H groups in total. The largest absolute Gasteiger partial charge is 0.480 e. The number of carboxylic acid groups (broad SMARTS) is 1. The van der Waals surface area contributed by atoms with Crippen molar-refractivity contribution in [1.82, 2.24) is 5.32 Å². The molecule has 0 heterocycles. The molecule has 1 fully saturated rings. The van der Waals surface area contributed by atoms with Crippen LogP contribution in [0.3, 0.4) is 0 Å². The monoisotopic (exact) mass is 269 g/mol. The fourth-order valence-electron chi connectivity index (χ4n) is 4.07. The van der Waals surface area contributed by atoms with E-state index in [2.05, 4.69) is 33.0 Å². The topological polar surface area (TPSA) is 66.4 Å². The number of amides is 1. The Morgan fingerprint density at radius 1 is 1.53 bits per heavy atom. The molecular formula is C15H27NO3. The summed E-state index contributed by atoms with van der Waals surface area (Å²) < 4.78 is 0. The number of carbonyl (C=O) groups is 2. The number of carboxylic acids is 1. The third-order valence-electron chi connectivity index (χ3n) is 5.10. The van der Waals surface area contributed by atoms with Gasteiger partial charge in [-0.2, -0.15) is 0 Å². The van der Waals surface area contributed by atoms with Gasteiger partial charge in [0.2, 0.25) is 6.41 Å². The normalized spacial score (nSPS) is 32.9. The third-order valence-corrected chi connectivity index (χ3v) is 5.10. The summed E-state index contributed by atoms with van der Waals surface area (Å²) in [5.74, 6) is 0.319. The van der Waals surface area contributed by atoms with E-state index in [0.29, 0.717) is 18.2 Å². The predicted molar refractivity (Wildman–Crippen MR) is 74.7 cm³/mol. The predicted octanol–water partition coefficient (Wildman–Crippen LogP) is 2.67. The van der Waals surface area contributed by atoms with Crippen molar-refractivity contribution in [3.05, 3.63) is 0 Å². The number of carbonyl (C=O) groups excluding carboxylic acids is 1. The van der Waals surface area contributed by atoms with Crippen LogP contribution in [0.2, 0.25) is 0 Å². The van der Waals surface area contributed by atoms with Gasteiger partial charge in [-0.05, 0) is 30.6 Å². The molecule has 0 aromatic heterocycles. The van der Waals surface area contributed by atoms with E-state index in [4.69, 9.17) is 0 Å². The molecule has 1 aliphatic rings. The minimum atomic E-state index is -0.909. The first-order chi connectivity index (χ1) is 8.90. The second-order valence-electron chi connectivity index (χ2n) is 6.31. The molecular weight excluding hydrogens is 242 g/mol. The zero-order valence-corrected chi connectivity index (χ0v) is 12.5. The Labute approximate surface area is 116 Å². The van der Waals surface area contributed by atoms with Gasteiger partial charge in [-0.25, -0.2) is 4.79 Å². The van der Waals surface area contributed by atoms with E-state index in [1.807, 2.05) is 0 Å². The molecule has 4 atom stereocenters. The molecule has 19 heavy (non-hydrogen) atoms. The van der Waals surface area contributed by atoms with E-state index in [1.165, 1.54) is 0 Å². The maximum absolute atomic E-state index is 11.6. The van der Waals surface area contributed by atoms with Gasteiger partial charge < -0.3 is 10.4 Å². The highest BCUT2D eigenvalue weighted by molar-refractivity contribution is 5.77. The minimum absolute atomic E-state index is 0.235. The third kappa shape index (κ3) is 2.93. The molecule has 1 aliphatic carbocycles. The van der Waals surface area contributed by atoms with Crippen LogP contribution in [-0.2, 0) is 9.59 Å². The maximum atomic E-state index is 11.6. The fraction of sp³-hybridized carbons (Fsp3) is 0.867. The van der Waals surface area contributed by atoms with Crippen LogP contribution < -0.4 is 5.32 Å². The van der Waals surface area contributed by atoms with E-state index in [1.54, 1.807) is 0 Å². The molecule has 1 amide bonds. The highest BCUT2D eigenvalue weighted by Crippen LogP contribution is 2.52.